The van der Waals surface area contributed by atoms with Crippen molar-refractivity contribution >= 4 is 0 Å². The van der Waals surface area contributed by atoms with E-state index in [1.54, 1.807) is 13.8 Å². The lowest BCUT2D eigenvalue weighted by molar-refractivity contribution is -0.123. The van der Waals surface area contributed by atoms with Crippen molar-refractivity contribution in [2.24, 2.45) is 0 Å². The Bertz CT molecular complexity index is 136. The molecule has 16 heavy (non-hydrogen) atoms. The van der Waals surface area contributed by atoms with Gasteiger partial charge in [0.05, 0.1) is 13.2 Å². The monoisotopic (exact) mass is 242 g/mol. The van der Waals surface area contributed by atoms with Crippen LogP contribution in [0.15, 0.2) is 0 Å². The lowest BCUT2D eigenvalue weighted by Crippen LogP contribution is -2.46. The summed E-state index contributed by atoms with van der Waals surface area (Å²) in [7, 11) is 0. The maximum atomic E-state index is 8.96. The summed E-state index contributed by atoms with van der Waals surface area (Å²) in [5.41, 5.74) is 0. The summed E-state index contributed by atoms with van der Waals surface area (Å²) in [6, 6.07) is 0. The summed E-state index contributed by atoms with van der Waals surface area (Å²) in [5.74, 6) is 0. The first kappa shape index (κ1) is 18.1. The van der Waals surface area contributed by atoms with Crippen molar-refractivity contribution in [3.8, 4) is 0 Å². The molecule has 0 spiro atoms. The lowest BCUT2D eigenvalue weighted by Gasteiger charge is -2.24. The van der Waals surface area contributed by atoms with E-state index < -0.39 is 37.6 Å². The molecule has 0 rings (SSSR count). The molecule has 0 aromatic carbocycles. The van der Waals surface area contributed by atoms with E-state index in [1.165, 1.54) is 0 Å². The molecule has 0 fully saturated rings. The third-order valence-electron chi connectivity index (χ3n) is 1.51. The van der Waals surface area contributed by atoms with Gasteiger partial charge >= 0.3 is 0 Å². The summed E-state index contributed by atoms with van der Waals surface area (Å²) in [6.07, 6.45) is -6.56. The molecule has 0 heterocycles. The predicted molar refractivity (Wildman–Crippen MR) is 55.6 cm³/mol. The van der Waals surface area contributed by atoms with Gasteiger partial charge in [-0.1, -0.05) is 0 Å². The quantitative estimate of drug-likeness (QED) is 0.269. The van der Waals surface area contributed by atoms with Crippen molar-refractivity contribution in [2.45, 2.75) is 44.4 Å². The first-order chi connectivity index (χ1) is 7.27. The predicted octanol–water partition coefficient (Wildman–Crippen LogP) is -3.20. The summed E-state index contributed by atoms with van der Waals surface area (Å²) in [4.78, 5) is 0. The molecule has 0 saturated carbocycles. The Morgan fingerprint density at radius 1 is 0.688 bits per heavy atom. The Morgan fingerprint density at radius 3 is 1.00 bits per heavy atom. The third kappa shape index (κ3) is 8.98. The molecule has 0 aliphatic rings. The Labute approximate surface area is 94.2 Å². The standard InChI is InChI=1S/C6H14O6.C3H8O/c7-1-3(9)5(11)6(12)4(10)2-8;1-3(2)4/h3-12H,1-2H2;3-4H,1-2H3/t3-,4+,5-,6-;/m1./s1. The minimum Gasteiger partial charge on any atom is -0.394 e. The maximum absolute atomic E-state index is 8.96. The zero-order valence-electron chi connectivity index (χ0n) is 9.43. The number of aliphatic hydroxyl groups excluding tert-OH is 7. The van der Waals surface area contributed by atoms with Crippen LogP contribution in [0, 0.1) is 0 Å². The normalized spacial score (nSPS) is 18.4. The fraction of sp³-hybridized carbons (Fsp3) is 1.00. The van der Waals surface area contributed by atoms with E-state index in [0.29, 0.717) is 0 Å². The van der Waals surface area contributed by atoms with Gasteiger partial charge in [0.2, 0.25) is 0 Å². The second-order valence-electron chi connectivity index (χ2n) is 3.57. The van der Waals surface area contributed by atoms with Gasteiger partial charge in [-0.15, -0.1) is 0 Å². The molecule has 0 aliphatic heterocycles. The molecule has 4 atom stereocenters. The maximum Gasteiger partial charge on any atom is 0.111 e. The fourth-order valence-electron chi connectivity index (χ4n) is 0.671. The van der Waals surface area contributed by atoms with Crippen LogP contribution in [-0.2, 0) is 0 Å². The van der Waals surface area contributed by atoms with Crippen LogP contribution in [0.4, 0.5) is 0 Å². The van der Waals surface area contributed by atoms with E-state index in [9.17, 15) is 0 Å². The van der Waals surface area contributed by atoms with Crippen molar-refractivity contribution in [3.63, 3.8) is 0 Å². The molecule has 0 bridgehead atoms. The van der Waals surface area contributed by atoms with E-state index in [2.05, 4.69) is 0 Å². The number of hydrogen-bond donors (Lipinski definition) is 7. The van der Waals surface area contributed by atoms with E-state index in [0.717, 1.165) is 0 Å². The number of aliphatic hydroxyl groups is 7. The smallest absolute Gasteiger partial charge is 0.111 e. The van der Waals surface area contributed by atoms with Gasteiger partial charge < -0.3 is 35.7 Å². The van der Waals surface area contributed by atoms with Crippen LogP contribution in [0.5, 0.6) is 0 Å². The SMILES string of the molecule is CC(C)O.OC[C@@H](O)[C@@H](O)[C@H](O)[C@@H](O)CO. The van der Waals surface area contributed by atoms with Crippen LogP contribution in [0.1, 0.15) is 13.8 Å². The van der Waals surface area contributed by atoms with E-state index in [1.807, 2.05) is 0 Å². The van der Waals surface area contributed by atoms with Gasteiger partial charge in [0, 0.05) is 6.10 Å². The molecule has 0 aromatic heterocycles. The minimum absolute atomic E-state index is 0.167. The highest BCUT2D eigenvalue weighted by molar-refractivity contribution is 4.79. The highest BCUT2D eigenvalue weighted by Crippen LogP contribution is 2.03. The van der Waals surface area contributed by atoms with Gasteiger partial charge in [-0.3, -0.25) is 0 Å². The third-order valence-corrected chi connectivity index (χ3v) is 1.51. The number of rotatable bonds is 5. The van der Waals surface area contributed by atoms with Crippen LogP contribution >= 0.6 is 0 Å². The van der Waals surface area contributed by atoms with Crippen molar-refractivity contribution in [3.05, 3.63) is 0 Å². The first-order valence-corrected chi connectivity index (χ1v) is 4.89. The molecular weight excluding hydrogens is 220 g/mol. The van der Waals surface area contributed by atoms with E-state index in [4.69, 9.17) is 35.7 Å². The molecule has 0 unspecified atom stereocenters. The minimum atomic E-state index is -1.67. The van der Waals surface area contributed by atoms with E-state index >= 15 is 0 Å². The highest BCUT2D eigenvalue weighted by atomic mass is 16.4. The van der Waals surface area contributed by atoms with Crippen LogP contribution in [0.25, 0.3) is 0 Å². The fourth-order valence-corrected chi connectivity index (χ4v) is 0.671. The number of hydrogen-bond acceptors (Lipinski definition) is 7. The topological polar surface area (TPSA) is 142 Å². The zero-order valence-corrected chi connectivity index (χ0v) is 9.43. The van der Waals surface area contributed by atoms with Crippen LogP contribution in [-0.4, -0.2) is 79.5 Å². The molecule has 0 radical (unpaired) electrons. The molecule has 7 nitrogen and oxygen atoms in total. The second-order valence-corrected chi connectivity index (χ2v) is 3.57. The van der Waals surface area contributed by atoms with Gasteiger partial charge in [0.25, 0.3) is 0 Å². The molecule has 0 aliphatic carbocycles. The Balaban J connectivity index is 0. The molecular formula is C9H22O7. The van der Waals surface area contributed by atoms with Gasteiger partial charge in [0.15, 0.2) is 0 Å². The summed E-state index contributed by atoms with van der Waals surface area (Å²) < 4.78 is 0. The van der Waals surface area contributed by atoms with Gasteiger partial charge in [-0.05, 0) is 13.8 Å². The molecule has 7 N–H and O–H groups in total. The molecule has 100 valence electrons. The average molecular weight is 242 g/mol. The summed E-state index contributed by atoms with van der Waals surface area (Å²) in [6.45, 7) is 1.99. The lowest BCUT2D eigenvalue weighted by atomic mass is 10.0. The Kier molecular flexibility index (Phi) is 11.2. The van der Waals surface area contributed by atoms with Gasteiger partial charge in [-0.2, -0.15) is 0 Å². The molecule has 0 aromatic rings. The van der Waals surface area contributed by atoms with Gasteiger partial charge in [-0.25, -0.2) is 0 Å². The largest absolute Gasteiger partial charge is 0.394 e. The Morgan fingerprint density at radius 2 is 0.875 bits per heavy atom. The van der Waals surface area contributed by atoms with Crippen molar-refractivity contribution in [2.75, 3.05) is 13.2 Å². The van der Waals surface area contributed by atoms with Crippen molar-refractivity contribution in [1.29, 1.82) is 0 Å². The molecule has 0 saturated heterocycles. The average Bonchev–Trinajstić information content (AvgIpc) is 2.24. The van der Waals surface area contributed by atoms with Crippen molar-refractivity contribution < 1.29 is 35.7 Å². The van der Waals surface area contributed by atoms with Crippen LogP contribution in [0.2, 0.25) is 0 Å². The van der Waals surface area contributed by atoms with E-state index in [-0.39, 0.29) is 6.10 Å². The molecule has 7 heteroatoms. The first-order valence-electron chi connectivity index (χ1n) is 4.89. The Hall–Kier alpha value is -0.280. The summed E-state index contributed by atoms with van der Waals surface area (Å²) >= 11 is 0. The second kappa shape index (κ2) is 9.91. The zero-order chi connectivity index (χ0) is 13.3. The van der Waals surface area contributed by atoms with Crippen LogP contribution < -0.4 is 0 Å². The highest BCUT2D eigenvalue weighted by Gasteiger charge is 2.29. The summed E-state index contributed by atoms with van der Waals surface area (Å²) in [5, 5.41) is 60.2. The van der Waals surface area contributed by atoms with Crippen LogP contribution in [0.3, 0.4) is 0 Å². The molecule has 0 amide bonds. The van der Waals surface area contributed by atoms with Gasteiger partial charge in [0.1, 0.15) is 24.4 Å². The van der Waals surface area contributed by atoms with Crippen molar-refractivity contribution in [1.82, 2.24) is 0 Å².